The maximum Gasteiger partial charge on any atom is 0.153 e. The van der Waals surface area contributed by atoms with Crippen LogP contribution in [0.25, 0.3) is 5.76 Å². The molecule has 0 aromatic carbocycles. The van der Waals surface area contributed by atoms with Crippen LogP contribution in [0.5, 0.6) is 0 Å². The lowest BCUT2D eigenvalue weighted by atomic mass is 10.1. The van der Waals surface area contributed by atoms with Gasteiger partial charge in [0, 0.05) is 11.8 Å². The maximum atomic E-state index is 9.88. The number of fused-ring (bicyclic) bond motifs is 1. The topological polar surface area (TPSA) is 66.7 Å². The second-order valence-corrected chi connectivity index (χ2v) is 3.70. The number of pyridine rings is 1. The molecule has 1 aliphatic heterocycles. The van der Waals surface area contributed by atoms with Gasteiger partial charge in [-0.15, -0.1) is 0 Å². The molecule has 0 saturated carbocycles. The maximum absolute atomic E-state index is 9.88. The van der Waals surface area contributed by atoms with E-state index in [1.54, 1.807) is 19.2 Å². The van der Waals surface area contributed by atoms with Crippen molar-refractivity contribution in [2.24, 2.45) is 4.99 Å². The van der Waals surface area contributed by atoms with Crippen LogP contribution in [-0.2, 0) is 4.74 Å². The van der Waals surface area contributed by atoms with Crippen LogP contribution in [0.1, 0.15) is 31.3 Å². The van der Waals surface area contributed by atoms with Crippen molar-refractivity contribution in [3.63, 3.8) is 0 Å². The van der Waals surface area contributed by atoms with E-state index in [1.165, 1.54) is 0 Å². The third-order valence-corrected chi connectivity index (χ3v) is 2.46. The number of aromatic nitrogens is 1. The highest BCUT2D eigenvalue weighted by molar-refractivity contribution is 5.87. The van der Waals surface area contributed by atoms with Gasteiger partial charge in [0.05, 0.1) is 6.61 Å². The fourth-order valence-electron chi connectivity index (χ4n) is 1.73. The molecule has 0 fully saturated rings. The van der Waals surface area contributed by atoms with Gasteiger partial charge in [-0.25, -0.2) is 4.99 Å². The molecule has 0 aliphatic carbocycles. The number of aliphatic hydroxyl groups is 1. The van der Waals surface area contributed by atoms with E-state index in [9.17, 15) is 5.11 Å². The van der Waals surface area contributed by atoms with Crippen LogP contribution in [-0.4, -0.2) is 22.5 Å². The highest BCUT2D eigenvalue weighted by Crippen LogP contribution is 2.33. The molecule has 5 heteroatoms. The van der Waals surface area contributed by atoms with Crippen molar-refractivity contribution in [2.75, 3.05) is 6.61 Å². The van der Waals surface area contributed by atoms with E-state index in [0.29, 0.717) is 35.1 Å². The first kappa shape index (κ1) is 11.6. The second-order valence-electron chi connectivity index (χ2n) is 3.70. The van der Waals surface area contributed by atoms with E-state index in [0.717, 1.165) is 0 Å². The molecule has 1 aromatic rings. The summed E-state index contributed by atoms with van der Waals surface area (Å²) in [6, 6.07) is 1.73. The molecule has 0 spiro atoms. The molecule has 0 radical (unpaired) electrons. The SMILES string of the molecule is C=C(OCC)c1nccc2c1N=C(C)NC2O. The molecular formula is C12H15N3O2. The normalized spacial score (nSPS) is 17.8. The number of rotatable bonds is 3. The molecule has 0 bridgehead atoms. The first-order chi connectivity index (χ1) is 8.13. The summed E-state index contributed by atoms with van der Waals surface area (Å²) in [6.45, 7) is 8.00. The molecule has 1 aromatic heterocycles. The van der Waals surface area contributed by atoms with E-state index in [4.69, 9.17) is 4.74 Å². The molecule has 0 saturated heterocycles. The molecule has 17 heavy (non-hydrogen) atoms. The Kier molecular flexibility index (Phi) is 3.10. The van der Waals surface area contributed by atoms with Crippen molar-refractivity contribution in [1.82, 2.24) is 10.3 Å². The van der Waals surface area contributed by atoms with Gasteiger partial charge in [0.15, 0.2) is 6.23 Å². The van der Waals surface area contributed by atoms with Crippen molar-refractivity contribution in [2.45, 2.75) is 20.1 Å². The Labute approximate surface area is 99.9 Å². The minimum Gasteiger partial charge on any atom is -0.492 e. The monoisotopic (exact) mass is 233 g/mol. The lowest BCUT2D eigenvalue weighted by Gasteiger charge is -2.22. The lowest BCUT2D eigenvalue weighted by Crippen LogP contribution is -2.29. The highest BCUT2D eigenvalue weighted by Gasteiger charge is 2.22. The molecule has 90 valence electrons. The Morgan fingerprint density at radius 1 is 1.65 bits per heavy atom. The Balaban J connectivity index is 2.50. The number of hydrogen-bond donors (Lipinski definition) is 2. The number of nitrogens with zero attached hydrogens (tertiary/aromatic N) is 2. The average Bonchev–Trinajstić information content (AvgIpc) is 2.28. The van der Waals surface area contributed by atoms with Gasteiger partial charge in [0.1, 0.15) is 23.0 Å². The fourth-order valence-corrected chi connectivity index (χ4v) is 1.73. The number of amidine groups is 1. The standard InChI is InChI=1S/C12H15N3O2/c1-4-17-7(2)10-11-9(5-6-13-10)12(16)15-8(3)14-11/h5-6,12,16H,2,4H2,1,3H3,(H,14,15). The summed E-state index contributed by atoms with van der Waals surface area (Å²) in [7, 11) is 0. The summed E-state index contributed by atoms with van der Waals surface area (Å²) in [4.78, 5) is 8.55. The van der Waals surface area contributed by atoms with E-state index in [1.807, 2.05) is 6.92 Å². The minimum absolute atomic E-state index is 0.468. The van der Waals surface area contributed by atoms with Gasteiger partial charge in [-0.2, -0.15) is 0 Å². The average molecular weight is 233 g/mol. The van der Waals surface area contributed by atoms with Crippen LogP contribution in [0, 0.1) is 0 Å². The number of hydrogen-bond acceptors (Lipinski definition) is 5. The third kappa shape index (κ3) is 2.14. The number of aliphatic hydroxyl groups excluding tert-OH is 1. The van der Waals surface area contributed by atoms with Gasteiger partial charge in [0.25, 0.3) is 0 Å². The summed E-state index contributed by atoms with van der Waals surface area (Å²) in [6.07, 6.45) is 0.845. The Morgan fingerprint density at radius 3 is 3.12 bits per heavy atom. The molecule has 1 aliphatic rings. The Morgan fingerprint density at radius 2 is 2.41 bits per heavy atom. The summed E-state index contributed by atoms with van der Waals surface area (Å²) in [5.74, 6) is 1.11. The van der Waals surface area contributed by atoms with Crippen molar-refractivity contribution in [3.8, 4) is 0 Å². The Hall–Kier alpha value is -1.88. The molecule has 2 N–H and O–H groups in total. The second kappa shape index (κ2) is 4.55. The predicted octanol–water partition coefficient (Wildman–Crippen LogP) is 1.73. The van der Waals surface area contributed by atoms with E-state index in [-0.39, 0.29) is 0 Å². The van der Waals surface area contributed by atoms with Crippen LogP contribution in [0.15, 0.2) is 23.8 Å². The van der Waals surface area contributed by atoms with Crippen LogP contribution in [0.4, 0.5) is 5.69 Å². The first-order valence-corrected chi connectivity index (χ1v) is 5.44. The summed E-state index contributed by atoms with van der Waals surface area (Å²) < 4.78 is 5.34. The first-order valence-electron chi connectivity index (χ1n) is 5.44. The van der Waals surface area contributed by atoms with Crippen LogP contribution < -0.4 is 5.32 Å². The van der Waals surface area contributed by atoms with Gasteiger partial charge in [0.2, 0.25) is 0 Å². The van der Waals surface area contributed by atoms with Crippen LogP contribution >= 0.6 is 0 Å². The third-order valence-electron chi connectivity index (χ3n) is 2.46. The number of aliphatic imine (C=N–C) groups is 1. The molecule has 0 amide bonds. The zero-order chi connectivity index (χ0) is 12.4. The molecule has 2 heterocycles. The molecule has 5 nitrogen and oxygen atoms in total. The van der Waals surface area contributed by atoms with Gasteiger partial charge in [-0.1, -0.05) is 6.58 Å². The van der Waals surface area contributed by atoms with Gasteiger partial charge < -0.3 is 15.2 Å². The number of nitrogens with one attached hydrogen (secondary N) is 1. The molecular weight excluding hydrogens is 218 g/mol. The van der Waals surface area contributed by atoms with Crippen molar-refractivity contribution in [1.29, 1.82) is 0 Å². The predicted molar refractivity (Wildman–Crippen MR) is 65.8 cm³/mol. The summed E-state index contributed by atoms with van der Waals surface area (Å²) >= 11 is 0. The van der Waals surface area contributed by atoms with E-state index >= 15 is 0 Å². The molecule has 1 atom stereocenters. The van der Waals surface area contributed by atoms with Crippen LogP contribution in [0.2, 0.25) is 0 Å². The largest absolute Gasteiger partial charge is 0.492 e. The molecule has 1 unspecified atom stereocenters. The van der Waals surface area contributed by atoms with Gasteiger partial charge >= 0.3 is 0 Å². The zero-order valence-corrected chi connectivity index (χ0v) is 9.90. The van der Waals surface area contributed by atoms with E-state index in [2.05, 4.69) is 21.9 Å². The fraction of sp³-hybridized carbons (Fsp3) is 0.333. The Bertz CT molecular complexity index is 483. The van der Waals surface area contributed by atoms with Gasteiger partial charge in [-0.05, 0) is 19.9 Å². The summed E-state index contributed by atoms with van der Waals surface area (Å²) in [5, 5.41) is 12.7. The van der Waals surface area contributed by atoms with E-state index < -0.39 is 6.23 Å². The zero-order valence-electron chi connectivity index (χ0n) is 9.90. The van der Waals surface area contributed by atoms with Crippen LogP contribution in [0.3, 0.4) is 0 Å². The van der Waals surface area contributed by atoms with Crippen molar-refractivity contribution in [3.05, 3.63) is 30.1 Å². The smallest absolute Gasteiger partial charge is 0.153 e. The highest BCUT2D eigenvalue weighted by atomic mass is 16.5. The van der Waals surface area contributed by atoms with Crippen molar-refractivity contribution >= 4 is 17.3 Å². The minimum atomic E-state index is -0.765. The summed E-state index contributed by atoms with van der Waals surface area (Å²) in [5.41, 5.74) is 1.88. The van der Waals surface area contributed by atoms with Crippen molar-refractivity contribution < 1.29 is 9.84 Å². The van der Waals surface area contributed by atoms with Gasteiger partial charge in [-0.3, -0.25) is 4.98 Å². The quantitative estimate of drug-likeness (QED) is 0.780. The molecule has 2 rings (SSSR count). The number of ether oxygens (including phenoxy) is 1. The lowest BCUT2D eigenvalue weighted by molar-refractivity contribution is 0.161.